The molecule has 0 radical (unpaired) electrons. The smallest absolute Gasteiger partial charge is 0.407 e. The third kappa shape index (κ3) is 16.3. The molecule has 2 unspecified atom stereocenters. The Balaban J connectivity index is 0.825. The molecule has 0 bridgehead atoms. The van der Waals surface area contributed by atoms with Gasteiger partial charge in [0, 0.05) is 56.6 Å². The molecule has 3 N–H and O–H groups in total. The van der Waals surface area contributed by atoms with Gasteiger partial charge in [-0.15, -0.1) is 0 Å². The second kappa shape index (κ2) is 30.9. The molecule has 1 aliphatic heterocycles. The molecule has 0 spiro atoms. The van der Waals surface area contributed by atoms with E-state index in [1.807, 2.05) is 98.0 Å². The molecule has 0 aromatic heterocycles. The molecule has 5 aliphatic rings. The molecule has 4 aliphatic carbocycles. The van der Waals surface area contributed by atoms with Crippen LogP contribution in [0, 0.1) is 58.0 Å². The number of methoxy groups -OCH3 is 1. The maximum Gasteiger partial charge on any atom is 0.407 e. The minimum absolute atomic E-state index is 0.0192. The minimum Gasteiger partial charge on any atom is -0.497 e. The predicted octanol–water partition coefficient (Wildman–Crippen LogP) is 16.6. The van der Waals surface area contributed by atoms with Crippen molar-refractivity contribution in [3.63, 3.8) is 0 Å². The summed E-state index contributed by atoms with van der Waals surface area (Å²) in [6.07, 6.45) is 12.2. The molecule has 13 nitrogen and oxygen atoms in total. The third-order valence-electron chi connectivity index (χ3n) is 22.8. The van der Waals surface area contributed by atoms with Crippen LogP contribution in [0.4, 0.5) is 13.6 Å². The fraction of sp³-hybridized carbons (Fsp3) is 0.610. The van der Waals surface area contributed by atoms with Crippen LogP contribution in [-0.2, 0) is 49.9 Å². The SMILES string of the molecule is CNC(=O)CCC(=O)OC1[C@@H](COC(c2ccccc2)(c2ccccc2)c2ccc(OC)cc2)O[C@@H](c2cc(CNC(=O)CCCCCNC(=O)O[C@H]3CC[C@@]4(C)C(=CCC5[C@@H]6CC[C@H]([C@H](C)CCCC(C)C)[C@@]6(C)CC[C@@H]54)C3)c(F)cc2F)[C@H]1O[Si](C)(C)C(C)(C)C. The Hall–Kier alpha value is -5.94. The van der Waals surface area contributed by atoms with Gasteiger partial charge < -0.3 is 44.1 Å². The zero-order valence-corrected chi connectivity index (χ0v) is 58.6. The van der Waals surface area contributed by atoms with Gasteiger partial charge in [0.25, 0.3) is 0 Å². The highest BCUT2D eigenvalue weighted by molar-refractivity contribution is 6.74. The first-order chi connectivity index (χ1) is 44.3. The lowest BCUT2D eigenvalue weighted by Gasteiger charge is -2.58. The van der Waals surface area contributed by atoms with Crippen LogP contribution in [0.2, 0.25) is 18.1 Å². The van der Waals surface area contributed by atoms with Crippen LogP contribution in [-0.4, -0.2) is 83.9 Å². The van der Waals surface area contributed by atoms with E-state index in [9.17, 15) is 19.2 Å². The van der Waals surface area contributed by atoms with Crippen molar-refractivity contribution in [1.82, 2.24) is 16.0 Å². The highest BCUT2D eigenvalue weighted by Crippen LogP contribution is 2.67. The number of halogens is 2. The van der Waals surface area contributed by atoms with Gasteiger partial charge in [0.15, 0.2) is 14.4 Å². The van der Waals surface area contributed by atoms with E-state index in [2.05, 4.69) is 77.4 Å². The zero-order chi connectivity index (χ0) is 66.9. The van der Waals surface area contributed by atoms with Crippen molar-refractivity contribution >= 4 is 32.2 Å². The maximum atomic E-state index is 16.8. The minimum atomic E-state index is -2.84. The number of fused-ring (bicyclic) bond motifs is 5. The number of hydrogen-bond donors (Lipinski definition) is 3. The number of esters is 1. The van der Waals surface area contributed by atoms with Gasteiger partial charge >= 0.3 is 12.1 Å². The predicted molar refractivity (Wildman–Crippen MR) is 363 cm³/mol. The lowest BCUT2D eigenvalue weighted by atomic mass is 9.47. The summed E-state index contributed by atoms with van der Waals surface area (Å²) < 4.78 is 72.2. The molecule has 3 saturated carbocycles. The van der Waals surface area contributed by atoms with E-state index < -0.39 is 62.0 Å². The molecule has 4 aromatic rings. The van der Waals surface area contributed by atoms with E-state index in [-0.39, 0.29) is 71.9 Å². The third-order valence-corrected chi connectivity index (χ3v) is 27.3. The second-order valence-corrected chi connectivity index (χ2v) is 34.8. The second-order valence-electron chi connectivity index (χ2n) is 30.1. The Bertz CT molecular complexity index is 3150. The van der Waals surface area contributed by atoms with Crippen molar-refractivity contribution in [2.45, 2.75) is 225 Å². The molecule has 93 heavy (non-hydrogen) atoms. The number of allylic oxidation sites excluding steroid dienone is 1. The number of ether oxygens (including phenoxy) is 5. The van der Waals surface area contributed by atoms with Crippen molar-refractivity contribution in [2.75, 3.05) is 27.3 Å². The average Bonchev–Trinajstić information content (AvgIpc) is 1.71. The number of rotatable bonds is 28. The lowest BCUT2D eigenvalue weighted by Crippen LogP contribution is -2.51. The van der Waals surface area contributed by atoms with Crippen LogP contribution in [0.15, 0.2) is 109 Å². The quantitative estimate of drug-likeness (QED) is 0.0164. The van der Waals surface area contributed by atoms with Crippen molar-refractivity contribution in [2.24, 2.45) is 46.3 Å². The topological polar surface area (TPSA) is 160 Å². The lowest BCUT2D eigenvalue weighted by molar-refractivity contribution is -0.159. The van der Waals surface area contributed by atoms with Gasteiger partial charge in [0.2, 0.25) is 11.8 Å². The molecular formula is C77H107F2N3O10Si. The Kier molecular flexibility index (Phi) is 23.7. The summed E-state index contributed by atoms with van der Waals surface area (Å²) in [5, 5.41) is 7.96. The monoisotopic (exact) mass is 1300 g/mol. The summed E-state index contributed by atoms with van der Waals surface area (Å²) in [6.45, 7) is 22.6. The summed E-state index contributed by atoms with van der Waals surface area (Å²) in [4.78, 5) is 53.0. The average molecular weight is 1300 g/mol. The molecule has 12 atom stereocenters. The van der Waals surface area contributed by atoms with Crippen LogP contribution in [0.25, 0.3) is 0 Å². The number of unbranched alkanes of at least 4 members (excludes halogenated alkanes) is 2. The van der Waals surface area contributed by atoms with Gasteiger partial charge in [-0.1, -0.05) is 166 Å². The van der Waals surface area contributed by atoms with Crippen molar-refractivity contribution in [3.8, 4) is 5.75 Å². The van der Waals surface area contributed by atoms with Gasteiger partial charge in [-0.25, -0.2) is 13.6 Å². The zero-order valence-electron chi connectivity index (χ0n) is 57.6. The highest BCUT2D eigenvalue weighted by Gasteiger charge is 2.60. The first-order valence-electron chi connectivity index (χ1n) is 34.8. The molecule has 9 rings (SSSR count). The number of benzene rings is 4. The normalized spacial score (nSPS) is 26.4. The fourth-order valence-electron chi connectivity index (χ4n) is 16.6. The summed E-state index contributed by atoms with van der Waals surface area (Å²) in [5.74, 6) is 2.14. The number of carbonyl (C=O) groups excluding carboxylic acids is 4. The molecular weight excluding hydrogens is 1190 g/mol. The van der Waals surface area contributed by atoms with E-state index >= 15 is 8.78 Å². The Labute approximate surface area is 554 Å². The standard InChI is InChI=1S/C77H107F2N3O10Si/c1-50(2)23-22-24-51(3)61-36-37-62-59-35-32-56-46-58(40-42-75(56,7)63(59)41-43-76(61,62)8)89-73(86)81-44-21-15-20-29-68(84)82-48-52-45-60(65(79)47-64(52)78)70-72(92-93(11,12)74(4,5)6)71(91-69(85)39-38-67(83)80-9)66(90-70)49-88-77(53-25-16-13-17-26-53,54-27-18-14-19-28-54)55-30-33-57(87-10)34-31-55/h13-14,16-19,25-28,30-34,45,47,50-51,58-59,61-63,66,70-72H,15,20-24,29,35-44,46,48-49H2,1-12H3,(H,80,83)(H,81,86)(H,82,84)/t51-,58+,59?,61-,62+,63+,66-,70+,71?,72-,75+,76-/m1/s1. The number of nitrogens with one attached hydrogen (secondary N) is 3. The number of amides is 3. The highest BCUT2D eigenvalue weighted by atomic mass is 28.4. The molecule has 4 aromatic carbocycles. The molecule has 16 heteroatoms. The van der Waals surface area contributed by atoms with E-state index in [1.54, 1.807) is 7.11 Å². The number of hydrogen-bond acceptors (Lipinski definition) is 10. The summed E-state index contributed by atoms with van der Waals surface area (Å²) >= 11 is 0. The van der Waals surface area contributed by atoms with Crippen LogP contribution in [0.1, 0.15) is 198 Å². The Morgan fingerprint density at radius 3 is 2.08 bits per heavy atom. The molecule has 508 valence electrons. The summed E-state index contributed by atoms with van der Waals surface area (Å²) in [6, 6.07) is 29.1. The number of alkyl carbamates (subject to hydrolysis) is 1. The largest absolute Gasteiger partial charge is 0.497 e. The molecule has 3 amide bonds. The molecule has 4 fully saturated rings. The van der Waals surface area contributed by atoms with Gasteiger partial charge in [0.05, 0.1) is 20.1 Å². The summed E-state index contributed by atoms with van der Waals surface area (Å²) in [7, 11) is 0.243. The van der Waals surface area contributed by atoms with Crippen LogP contribution < -0.4 is 20.7 Å². The van der Waals surface area contributed by atoms with E-state index in [4.69, 9.17) is 28.1 Å². The Morgan fingerprint density at radius 2 is 1.42 bits per heavy atom. The van der Waals surface area contributed by atoms with Crippen molar-refractivity contribution < 1.29 is 56.1 Å². The molecule has 1 saturated heterocycles. The van der Waals surface area contributed by atoms with Gasteiger partial charge in [-0.05, 0) is 157 Å². The number of carbonyl (C=O) groups is 4. The van der Waals surface area contributed by atoms with E-state index in [0.717, 1.165) is 78.0 Å². The summed E-state index contributed by atoms with van der Waals surface area (Å²) in [5.41, 5.74) is 3.12. The maximum absolute atomic E-state index is 16.8. The van der Waals surface area contributed by atoms with Gasteiger partial charge in [-0.3, -0.25) is 14.4 Å². The Morgan fingerprint density at radius 1 is 0.731 bits per heavy atom. The van der Waals surface area contributed by atoms with Crippen LogP contribution in [0.5, 0.6) is 5.75 Å². The van der Waals surface area contributed by atoms with Crippen molar-refractivity contribution in [3.05, 3.63) is 148 Å². The van der Waals surface area contributed by atoms with Crippen LogP contribution in [0.3, 0.4) is 0 Å². The fourth-order valence-corrected chi connectivity index (χ4v) is 17.8. The first-order valence-corrected chi connectivity index (χ1v) is 37.7. The van der Waals surface area contributed by atoms with Gasteiger partial charge in [0.1, 0.15) is 47.4 Å². The van der Waals surface area contributed by atoms with Gasteiger partial charge in [-0.2, -0.15) is 0 Å². The molecule has 1 heterocycles. The van der Waals surface area contributed by atoms with E-state index in [1.165, 1.54) is 63.6 Å². The first kappa shape index (κ1) is 71.4. The van der Waals surface area contributed by atoms with Crippen LogP contribution >= 0.6 is 0 Å². The van der Waals surface area contributed by atoms with E-state index in [0.29, 0.717) is 42.9 Å². The van der Waals surface area contributed by atoms with Crippen molar-refractivity contribution in [1.29, 1.82) is 0 Å².